The first-order valence-electron chi connectivity index (χ1n) is 4.46. The molecule has 0 aliphatic rings. The Morgan fingerprint density at radius 3 is 1.91 bits per heavy atom. The van der Waals surface area contributed by atoms with Gasteiger partial charge in [-0.15, -0.1) is 0 Å². The van der Waals surface area contributed by atoms with Crippen molar-refractivity contribution in [3.8, 4) is 0 Å². The van der Waals surface area contributed by atoms with E-state index in [0.29, 0.717) is 12.1 Å². The Morgan fingerprint density at radius 1 is 1.18 bits per heavy atom. The molecule has 0 atom stereocenters. The van der Waals surface area contributed by atoms with Crippen molar-refractivity contribution in [2.24, 2.45) is 0 Å². The van der Waals surface area contributed by atoms with Crippen molar-refractivity contribution < 1.29 is 5.32 Å². The van der Waals surface area contributed by atoms with E-state index < -0.39 is 0 Å². The van der Waals surface area contributed by atoms with Crippen LogP contribution < -0.4 is 5.32 Å². The minimum absolute atomic E-state index is 0.648. The molecule has 0 amide bonds. The highest BCUT2D eigenvalue weighted by Gasteiger charge is 2.11. The zero-order valence-corrected chi connectivity index (χ0v) is 8.30. The minimum Gasteiger partial charge on any atom is -0.478 e. The Balaban J connectivity index is 3.70. The van der Waals surface area contributed by atoms with Gasteiger partial charge in [-0.2, -0.15) is 7.05 Å². The number of hydrogen-bond acceptors (Lipinski definition) is 1. The molecule has 0 heterocycles. The second-order valence-corrected chi connectivity index (χ2v) is 3.50. The molecule has 11 heavy (non-hydrogen) atoms. The van der Waals surface area contributed by atoms with Crippen molar-refractivity contribution in [2.75, 3.05) is 13.1 Å². The summed E-state index contributed by atoms with van der Waals surface area (Å²) in [5, 5.41) is 1.98. The highest BCUT2D eigenvalue weighted by atomic mass is 15.2. The molecule has 68 valence electrons. The van der Waals surface area contributed by atoms with Crippen molar-refractivity contribution in [3.63, 3.8) is 0 Å². The lowest BCUT2D eigenvalue weighted by atomic mass is 10.2. The standard InChI is InChI=1S/C9H22N2/c1-8(2)11(9(3)4)7-6-10-5/h8-9H,5-7,10H2,1-4H3. The van der Waals surface area contributed by atoms with Crippen molar-refractivity contribution in [1.82, 2.24) is 4.90 Å². The Kier molecular flexibility index (Phi) is 5.51. The molecule has 0 spiro atoms. The second-order valence-electron chi connectivity index (χ2n) is 3.50. The molecule has 2 nitrogen and oxygen atoms in total. The maximum Gasteiger partial charge on any atom is 0.0645 e. The number of nitrogens with zero attached hydrogens (tertiary/aromatic N) is 1. The van der Waals surface area contributed by atoms with Gasteiger partial charge in [0.05, 0.1) is 6.54 Å². The lowest BCUT2D eigenvalue weighted by molar-refractivity contribution is -0.595. The summed E-state index contributed by atoms with van der Waals surface area (Å²) in [5.41, 5.74) is 0. The molecular weight excluding hydrogens is 136 g/mol. The predicted octanol–water partition coefficient (Wildman–Crippen LogP) is 0.460. The van der Waals surface area contributed by atoms with Crippen LogP contribution in [0.3, 0.4) is 0 Å². The number of rotatable bonds is 5. The smallest absolute Gasteiger partial charge is 0.0645 e. The molecule has 0 bridgehead atoms. The first-order chi connectivity index (χ1) is 5.09. The molecule has 0 aromatic heterocycles. The van der Waals surface area contributed by atoms with Crippen LogP contribution in [0.1, 0.15) is 27.7 Å². The monoisotopic (exact) mass is 158 g/mol. The van der Waals surface area contributed by atoms with E-state index in [4.69, 9.17) is 0 Å². The van der Waals surface area contributed by atoms with Gasteiger partial charge in [0.15, 0.2) is 0 Å². The molecule has 0 aliphatic carbocycles. The molecular formula is C9H22N2. The first-order valence-corrected chi connectivity index (χ1v) is 4.46. The summed E-state index contributed by atoms with van der Waals surface area (Å²) < 4.78 is 0. The van der Waals surface area contributed by atoms with Gasteiger partial charge in [0.2, 0.25) is 0 Å². The topological polar surface area (TPSA) is 19.9 Å². The zero-order chi connectivity index (χ0) is 8.85. The molecule has 0 saturated heterocycles. The molecule has 0 unspecified atom stereocenters. The zero-order valence-electron chi connectivity index (χ0n) is 8.30. The predicted molar refractivity (Wildman–Crippen MR) is 49.1 cm³/mol. The summed E-state index contributed by atoms with van der Waals surface area (Å²) in [6.07, 6.45) is 0. The first kappa shape index (κ1) is 10.9. The third-order valence-corrected chi connectivity index (χ3v) is 1.92. The quantitative estimate of drug-likeness (QED) is 0.576. The van der Waals surface area contributed by atoms with Crippen LogP contribution in [0.5, 0.6) is 0 Å². The fourth-order valence-corrected chi connectivity index (χ4v) is 1.35. The number of hydrogen-bond donors (Lipinski definition) is 1. The Labute approximate surface area is 71.0 Å². The molecule has 0 radical (unpaired) electrons. The van der Waals surface area contributed by atoms with Gasteiger partial charge < -0.3 is 5.32 Å². The lowest BCUT2D eigenvalue weighted by Crippen LogP contribution is -2.79. The van der Waals surface area contributed by atoms with Crippen LogP contribution in [0.25, 0.3) is 0 Å². The SMILES string of the molecule is [CH2-][NH2+]CCN(C(C)C)C(C)C. The van der Waals surface area contributed by atoms with Crippen LogP contribution in [-0.2, 0) is 0 Å². The Morgan fingerprint density at radius 2 is 1.64 bits per heavy atom. The van der Waals surface area contributed by atoms with Crippen molar-refractivity contribution in [2.45, 2.75) is 39.8 Å². The van der Waals surface area contributed by atoms with Crippen molar-refractivity contribution >= 4 is 0 Å². The second kappa shape index (κ2) is 5.56. The Hall–Kier alpha value is -0.0800. The molecule has 0 aromatic carbocycles. The van der Waals surface area contributed by atoms with Gasteiger partial charge in [-0.1, -0.05) is 0 Å². The van der Waals surface area contributed by atoms with E-state index in [1.807, 2.05) is 5.32 Å². The van der Waals surface area contributed by atoms with Crippen molar-refractivity contribution in [1.29, 1.82) is 0 Å². The minimum atomic E-state index is 0.648. The third kappa shape index (κ3) is 4.38. The van der Waals surface area contributed by atoms with Gasteiger partial charge in [-0.3, -0.25) is 4.90 Å². The Bertz CT molecular complexity index is 81.6. The van der Waals surface area contributed by atoms with E-state index in [9.17, 15) is 0 Å². The van der Waals surface area contributed by atoms with Gasteiger partial charge in [-0.05, 0) is 27.7 Å². The molecule has 0 rings (SSSR count). The van der Waals surface area contributed by atoms with Gasteiger partial charge in [-0.25, -0.2) is 0 Å². The van der Waals surface area contributed by atoms with Crippen LogP contribution in [-0.4, -0.2) is 30.1 Å². The average molecular weight is 158 g/mol. The molecule has 0 saturated carbocycles. The molecule has 2 heteroatoms. The summed E-state index contributed by atoms with van der Waals surface area (Å²) in [6, 6.07) is 1.30. The normalized spacial score (nSPS) is 12.0. The van der Waals surface area contributed by atoms with Gasteiger partial charge in [0, 0.05) is 18.6 Å². The van der Waals surface area contributed by atoms with Crippen LogP contribution in [0.2, 0.25) is 0 Å². The van der Waals surface area contributed by atoms with Crippen LogP contribution >= 0.6 is 0 Å². The maximum atomic E-state index is 3.72. The van der Waals surface area contributed by atoms with Crippen LogP contribution in [0.15, 0.2) is 0 Å². The summed E-state index contributed by atoms with van der Waals surface area (Å²) in [6.45, 7) is 11.2. The number of quaternary nitrogens is 1. The van der Waals surface area contributed by atoms with Crippen molar-refractivity contribution in [3.05, 3.63) is 7.05 Å². The fourth-order valence-electron chi connectivity index (χ4n) is 1.35. The number of nitrogens with two attached hydrogens (primary N) is 1. The molecule has 0 aliphatic heterocycles. The van der Waals surface area contributed by atoms with Gasteiger partial charge in [0.25, 0.3) is 0 Å². The summed E-state index contributed by atoms with van der Waals surface area (Å²) in [5.74, 6) is 0. The fraction of sp³-hybridized carbons (Fsp3) is 0.889. The van der Waals surface area contributed by atoms with Gasteiger partial charge >= 0.3 is 0 Å². The van der Waals surface area contributed by atoms with E-state index in [2.05, 4.69) is 39.6 Å². The van der Waals surface area contributed by atoms with E-state index in [0.717, 1.165) is 13.1 Å². The van der Waals surface area contributed by atoms with E-state index in [1.165, 1.54) is 0 Å². The summed E-state index contributed by atoms with van der Waals surface area (Å²) in [7, 11) is 3.72. The van der Waals surface area contributed by atoms with Gasteiger partial charge in [0.1, 0.15) is 0 Å². The van der Waals surface area contributed by atoms with E-state index >= 15 is 0 Å². The van der Waals surface area contributed by atoms with Crippen LogP contribution in [0.4, 0.5) is 0 Å². The molecule has 0 fully saturated rings. The summed E-state index contributed by atoms with van der Waals surface area (Å²) >= 11 is 0. The highest BCUT2D eigenvalue weighted by Crippen LogP contribution is 2.02. The maximum absolute atomic E-state index is 3.72. The van der Waals surface area contributed by atoms with E-state index in [1.54, 1.807) is 0 Å². The third-order valence-electron chi connectivity index (χ3n) is 1.92. The average Bonchev–Trinajstić information content (AvgIpc) is 1.87. The molecule has 2 N–H and O–H groups in total. The molecule has 0 aromatic rings. The lowest BCUT2D eigenvalue weighted by Gasteiger charge is -2.29. The van der Waals surface area contributed by atoms with Crippen LogP contribution in [0, 0.1) is 7.05 Å². The van der Waals surface area contributed by atoms with E-state index in [-0.39, 0.29) is 0 Å². The largest absolute Gasteiger partial charge is 0.478 e. The summed E-state index contributed by atoms with van der Waals surface area (Å²) in [4.78, 5) is 2.47. The highest BCUT2D eigenvalue weighted by molar-refractivity contribution is 4.65.